The van der Waals surface area contributed by atoms with Gasteiger partial charge in [0, 0.05) is 27.7 Å². The molecule has 1 aliphatic carbocycles. The number of aromatic nitrogens is 1. The summed E-state index contributed by atoms with van der Waals surface area (Å²) in [5.41, 5.74) is 12.5. The van der Waals surface area contributed by atoms with Gasteiger partial charge >= 0.3 is 0 Å². The summed E-state index contributed by atoms with van der Waals surface area (Å²) in [4.78, 5) is 4.79. The molecule has 6 nitrogen and oxygen atoms in total. The van der Waals surface area contributed by atoms with E-state index >= 15 is 0 Å². The van der Waals surface area contributed by atoms with E-state index in [2.05, 4.69) is 73.8 Å². The first-order valence-corrected chi connectivity index (χ1v) is 16.2. The van der Waals surface area contributed by atoms with E-state index in [0.29, 0.717) is 33.7 Å². The highest BCUT2D eigenvalue weighted by Gasteiger charge is 2.35. The van der Waals surface area contributed by atoms with Crippen molar-refractivity contribution in [1.29, 1.82) is 10.5 Å². The lowest BCUT2D eigenvalue weighted by Gasteiger charge is -2.22. The number of para-hydroxylation sites is 4. The van der Waals surface area contributed by atoms with E-state index in [0.717, 1.165) is 39.2 Å². The molecule has 1 N–H and O–H groups in total. The van der Waals surface area contributed by atoms with Gasteiger partial charge in [-0.2, -0.15) is 10.5 Å². The molecular weight excluding hydrogens is 604 g/mol. The maximum atomic E-state index is 10.8. The zero-order valence-corrected chi connectivity index (χ0v) is 26.8. The van der Waals surface area contributed by atoms with Crippen molar-refractivity contribution in [2.45, 2.75) is 25.5 Å². The van der Waals surface area contributed by atoms with E-state index in [9.17, 15) is 10.5 Å². The smallest absolute Gasteiger partial charge is 0.227 e. The fraction of sp³-hybridized carbons (Fsp3) is 0.0930. The Balaban J connectivity index is 1.23. The van der Waals surface area contributed by atoms with Crippen molar-refractivity contribution >= 4 is 16.8 Å². The Bertz CT molecular complexity index is 2530. The summed E-state index contributed by atoms with van der Waals surface area (Å²) in [5.74, 6) is 1.21. The first kappa shape index (κ1) is 28.6. The Kier molecular flexibility index (Phi) is 6.24. The third kappa shape index (κ3) is 4.50. The zero-order chi connectivity index (χ0) is 33.3. The number of hydrogen-bond acceptors (Lipinski definition) is 6. The number of ether oxygens (including phenoxy) is 1. The van der Waals surface area contributed by atoms with Gasteiger partial charge in [0.15, 0.2) is 11.8 Å². The van der Waals surface area contributed by atoms with Gasteiger partial charge in [-0.3, -0.25) is 0 Å². The summed E-state index contributed by atoms with van der Waals surface area (Å²) < 4.78 is 12.6. The van der Waals surface area contributed by atoms with Crippen molar-refractivity contribution in [3.05, 3.63) is 149 Å². The van der Waals surface area contributed by atoms with E-state index < -0.39 is 6.23 Å². The first-order valence-electron chi connectivity index (χ1n) is 16.2. The topological polar surface area (TPSA) is 94.9 Å². The van der Waals surface area contributed by atoms with E-state index in [1.54, 1.807) is 6.07 Å². The Morgan fingerprint density at radius 2 is 1.41 bits per heavy atom. The molecule has 0 amide bonds. The number of oxazole rings is 1. The second-order valence-corrected chi connectivity index (χ2v) is 13.1. The highest BCUT2D eigenvalue weighted by atomic mass is 16.5. The number of benzene rings is 6. The molecule has 6 aromatic carbocycles. The lowest BCUT2D eigenvalue weighted by molar-refractivity contribution is 0.260. The normalized spacial score (nSPS) is 15.0. The Morgan fingerprint density at radius 3 is 2.22 bits per heavy atom. The molecule has 1 unspecified atom stereocenters. The van der Waals surface area contributed by atoms with Gasteiger partial charge in [-0.05, 0) is 94.0 Å². The van der Waals surface area contributed by atoms with Crippen molar-refractivity contribution in [2.75, 3.05) is 5.32 Å². The van der Waals surface area contributed by atoms with Crippen LogP contribution in [0.15, 0.2) is 126 Å². The zero-order valence-electron chi connectivity index (χ0n) is 26.8. The van der Waals surface area contributed by atoms with E-state index in [1.165, 1.54) is 22.3 Å². The average Bonchev–Trinajstić information content (AvgIpc) is 3.84. The molecule has 0 radical (unpaired) electrons. The van der Waals surface area contributed by atoms with Gasteiger partial charge in [-0.15, -0.1) is 0 Å². The summed E-state index contributed by atoms with van der Waals surface area (Å²) in [5, 5.41) is 24.5. The van der Waals surface area contributed by atoms with Gasteiger partial charge in [-0.1, -0.05) is 74.5 Å². The number of nitrogens with zero attached hydrogens (tertiary/aromatic N) is 3. The minimum atomic E-state index is -0.481. The summed E-state index contributed by atoms with van der Waals surface area (Å²) in [6.07, 6.45) is -0.481. The van der Waals surface area contributed by atoms with Gasteiger partial charge < -0.3 is 14.5 Å². The van der Waals surface area contributed by atoms with Gasteiger partial charge in [0.2, 0.25) is 5.89 Å². The largest absolute Gasteiger partial charge is 0.464 e. The Labute approximate surface area is 283 Å². The molecule has 7 aromatic rings. The molecule has 49 heavy (non-hydrogen) atoms. The Hall–Kier alpha value is -6.63. The average molecular weight is 633 g/mol. The molecule has 9 rings (SSSR count). The van der Waals surface area contributed by atoms with Crippen molar-refractivity contribution in [3.8, 4) is 62.7 Å². The fourth-order valence-electron chi connectivity index (χ4n) is 7.37. The van der Waals surface area contributed by atoms with Crippen molar-refractivity contribution in [2.24, 2.45) is 0 Å². The molecule has 2 aliphatic rings. The van der Waals surface area contributed by atoms with Crippen molar-refractivity contribution in [3.63, 3.8) is 0 Å². The van der Waals surface area contributed by atoms with E-state index in [1.807, 2.05) is 72.8 Å². The summed E-state index contributed by atoms with van der Waals surface area (Å²) in [6, 6.07) is 44.8. The summed E-state index contributed by atoms with van der Waals surface area (Å²) in [7, 11) is 0. The van der Waals surface area contributed by atoms with Crippen molar-refractivity contribution < 1.29 is 9.15 Å². The van der Waals surface area contributed by atoms with Crippen LogP contribution in [0, 0.1) is 22.7 Å². The molecule has 1 atom stereocenters. The molecule has 232 valence electrons. The van der Waals surface area contributed by atoms with Crippen LogP contribution in [0.3, 0.4) is 0 Å². The second kappa shape index (κ2) is 10.7. The quantitative estimate of drug-likeness (QED) is 0.207. The van der Waals surface area contributed by atoms with Gasteiger partial charge in [0.25, 0.3) is 0 Å². The molecule has 0 fully saturated rings. The Morgan fingerprint density at radius 1 is 0.673 bits per heavy atom. The van der Waals surface area contributed by atoms with Gasteiger partial charge in [0.05, 0.1) is 22.9 Å². The number of nitrogens with one attached hydrogen (secondary N) is 1. The van der Waals surface area contributed by atoms with E-state index in [4.69, 9.17) is 14.1 Å². The van der Waals surface area contributed by atoms with Gasteiger partial charge in [0.1, 0.15) is 17.3 Å². The first-order chi connectivity index (χ1) is 23.9. The summed E-state index contributed by atoms with van der Waals surface area (Å²) >= 11 is 0. The van der Waals surface area contributed by atoms with E-state index in [-0.39, 0.29) is 5.41 Å². The maximum Gasteiger partial charge on any atom is 0.227 e. The van der Waals surface area contributed by atoms with Crippen LogP contribution in [0.5, 0.6) is 5.75 Å². The van der Waals surface area contributed by atoms with Crippen LogP contribution in [0.2, 0.25) is 0 Å². The van der Waals surface area contributed by atoms with Crippen LogP contribution in [0.25, 0.3) is 55.9 Å². The number of fused-ring (bicyclic) bond motifs is 5. The highest BCUT2D eigenvalue weighted by Crippen LogP contribution is 2.50. The fourth-order valence-corrected chi connectivity index (χ4v) is 7.37. The number of anilines is 1. The molecule has 6 heteroatoms. The monoisotopic (exact) mass is 632 g/mol. The molecule has 0 saturated heterocycles. The molecule has 0 spiro atoms. The van der Waals surface area contributed by atoms with Crippen molar-refractivity contribution in [1.82, 2.24) is 4.98 Å². The third-order valence-electron chi connectivity index (χ3n) is 9.80. The molecule has 2 heterocycles. The number of rotatable bonds is 4. The maximum absolute atomic E-state index is 10.8. The predicted molar refractivity (Wildman–Crippen MR) is 191 cm³/mol. The van der Waals surface area contributed by atoms with Gasteiger partial charge in [-0.25, -0.2) is 4.98 Å². The predicted octanol–water partition coefficient (Wildman–Crippen LogP) is 10.4. The minimum absolute atomic E-state index is 0.209. The molecular formula is C43H28N4O2. The minimum Gasteiger partial charge on any atom is -0.464 e. The molecule has 0 saturated carbocycles. The number of hydrogen-bond donors (Lipinski definition) is 1. The lowest BCUT2D eigenvalue weighted by atomic mass is 9.81. The van der Waals surface area contributed by atoms with Crippen LogP contribution in [-0.4, -0.2) is 4.98 Å². The SMILES string of the molecule is CC1(C)c2ccccc2-c2ccc(-c3cc(C#N)cc(-c4cc(-c5nc6ccccc6o5)cc(C5Nc6ccccc6O5)c4)c3C#N)cc21. The van der Waals surface area contributed by atoms with Crippen LogP contribution in [-0.2, 0) is 5.41 Å². The van der Waals surface area contributed by atoms with Crippen LogP contribution < -0.4 is 10.1 Å². The molecule has 1 aliphatic heterocycles. The molecule has 0 bridgehead atoms. The second-order valence-electron chi connectivity index (χ2n) is 13.1. The summed E-state index contributed by atoms with van der Waals surface area (Å²) in [6.45, 7) is 4.47. The standard InChI is InChI=1S/C43H28N4O2/c1-43(2)35-10-4-3-9-30(35)31-16-15-26(22-36(31)43)32-17-25(23-44)18-33(34(32)24-45)27-19-28(41-46-37-11-5-7-13-39(37)48-41)21-29(20-27)42-47-38-12-6-8-14-40(38)49-42/h3-22,41,46H,1-2H3. The third-order valence-corrected chi connectivity index (χ3v) is 9.80. The highest BCUT2D eigenvalue weighted by molar-refractivity contribution is 5.89. The van der Waals surface area contributed by atoms with Crippen LogP contribution in [0.1, 0.15) is 47.9 Å². The lowest BCUT2D eigenvalue weighted by Crippen LogP contribution is -2.14. The molecule has 1 aromatic heterocycles. The number of nitriles is 2. The van der Waals surface area contributed by atoms with Crippen LogP contribution in [0.4, 0.5) is 5.69 Å². The van der Waals surface area contributed by atoms with Crippen LogP contribution >= 0.6 is 0 Å².